The lowest BCUT2D eigenvalue weighted by molar-refractivity contribution is 0.442. The third-order valence-electron chi connectivity index (χ3n) is 2.47. The van der Waals surface area contributed by atoms with Crippen molar-refractivity contribution in [2.75, 3.05) is 13.1 Å². The van der Waals surface area contributed by atoms with Gasteiger partial charge in [0, 0.05) is 11.9 Å². The van der Waals surface area contributed by atoms with Crippen LogP contribution in [0.25, 0.3) is 11.0 Å². The lowest BCUT2D eigenvalue weighted by Gasteiger charge is -2.11. The molecule has 0 aliphatic rings. The molecule has 3 heteroatoms. The van der Waals surface area contributed by atoms with Crippen LogP contribution in [0.3, 0.4) is 0 Å². The highest BCUT2D eigenvalue weighted by Gasteiger charge is 2.12. The van der Waals surface area contributed by atoms with Crippen LogP contribution >= 0.6 is 0 Å². The first kappa shape index (κ1) is 10.2. The van der Waals surface area contributed by atoms with Crippen LogP contribution in [0.5, 0.6) is 0 Å². The Morgan fingerprint density at radius 3 is 2.87 bits per heavy atom. The minimum Gasteiger partial charge on any atom is -0.459 e. The van der Waals surface area contributed by atoms with E-state index in [1.807, 2.05) is 24.3 Å². The first-order chi connectivity index (χ1) is 7.35. The number of nitrogens with two attached hydrogens (primary N) is 1. The summed E-state index contributed by atoms with van der Waals surface area (Å²) in [6, 6.07) is 10.2. The maximum atomic E-state index is 5.73. The fourth-order valence-electron chi connectivity index (χ4n) is 1.72. The van der Waals surface area contributed by atoms with Crippen LogP contribution in [-0.2, 0) is 0 Å². The fraction of sp³-hybridized carbons (Fsp3) is 0.333. The van der Waals surface area contributed by atoms with Crippen molar-refractivity contribution in [1.82, 2.24) is 5.32 Å². The summed E-state index contributed by atoms with van der Waals surface area (Å²) in [6.45, 7) is 3.50. The van der Waals surface area contributed by atoms with Crippen molar-refractivity contribution in [3.63, 3.8) is 0 Å². The van der Waals surface area contributed by atoms with E-state index in [2.05, 4.69) is 18.3 Å². The summed E-state index contributed by atoms with van der Waals surface area (Å²) in [7, 11) is 0. The molecule has 0 saturated carbocycles. The molecular weight excluding hydrogens is 188 g/mol. The maximum absolute atomic E-state index is 5.73. The SMILES string of the molecule is CCNC(CN)c1cc2ccccc2o1. The quantitative estimate of drug-likeness (QED) is 0.801. The standard InChI is InChI=1S/C12H16N2O/c1-2-14-10(8-13)12-7-9-5-3-4-6-11(9)15-12/h3-7,10,14H,2,8,13H2,1H3. The zero-order valence-corrected chi connectivity index (χ0v) is 8.86. The Labute approximate surface area is 89.3 Å². The van der Waals surface area contributed by atoms with Crippen molar-refractivity contribution in [1.29, 1.82) is 0 Å². The molecule has 1 aromatic carbocycles. The second-order valence-corrected chi connectivity index (χ2v) is 3.53. The third-order valence-corrected chi connectivity index (χ3v) is 2.47. The van der Waals surface area contributed by atoms with Gasteiger partial charge in [-0.25, -0.2) is 0 Å². The van der Waals surface area contributed by atoms with E-state index in [0.29, 0.717) is 6.54 Å². The molecule has 2 aromatic rings. The molecule has 0 aliphatic carbocycles. The van der Waals surface area contributed by atoms with Crippen molar-refractivity contribution < 1.29 is 4.42 Å². The fourth-order valence-corrected chi connectivity index (χ4v) is 1.72. The summed E-state index contributed by atoms with van der Waals surface area (Å²) < 4.78 is 5.73. The van der Waals surface area contributed by atoms with Crippen LogP contribution in [0.1, 0.15) is 18.7 Å². The third kappa shape index (κ3) is 2.03. The predicted molar refractivity (Wildman–Crippen MR) is 61.7 cm³/mol. The van der Waals surface area contributed by atoms with Crippen molar-refractivity contribution in [2.24, 2.45) is 5.73 Å². The Kier molecular flexibility index (Phi) is 3.04. The number of hydrogen-bond donors (Lipinski definition) is 2. The highest BCUT2D eigenvalue weighted by atomic mass is 16.3. The maximum Gasteiger partial charge on any atom is 0.134 e. The van der Waals surface area contributed by atoms with E-state index in [1.54, 1.807) is 0 Å². The van der Waals surface area contributed by atoms with Gasteiger partial charge in [0.15, 0.2) is 0 Å². The van der Waals surface area contributed by atoms with Gasteiger partial charge in [0.2, 0.25) is 0 Å². The summed E-state index contributed by atoms with van der Waals surface area (Å²) in [6.07, 6.45) is 0. The Morgan fingerprint density at radius 1 is 1.40 bits per heavy atom. The molecule has 1 atom stereocenters. The van der Waals surface area contributed by atoms with E-state index in [-0.39, 0.29) is 6.04 Å². The second-order valence-electron chi connectivity index (χ2n) is 3.53. The van der Waals surface area contributed by atoms with E-state index < -0.39 is 0 Å². The number of para-hydroxylation sites is 1. The largest absolute Gasteiger partial charge is 0.459 e. The Balaban J connectivity index is 2.34. The van der Waals surface area contributed by atoms with Crippen LogP contribution in [0.15, 0.2) is 34.7 Å². The smallest absolute Gasteiger partial charge is 0.134 e. The van der Waals surface area contributed by atoms with E-state index in [4.69, 9.17) is 10.2 Å². The van der Waals surface area contributed by atoms with Crippen LogP contribution in [-0.4, -0.2) is 13.1 Å². The molecule has 0 bridgehead atoms. The van der Waals surface area contributed by atoms with E-state index >= 15 is 0 Å². The van der Waals surface area contributed by atoms with Gasteiger partial charge in [-0.2, -0.15) is 0 Å². The minimum atomic E-state index is 0.113. The van der Waals surface area contributed by atoms with Crippen LogP contribution in [0, 0.1) is 0 Å². The number of nitrogens with one attached hydrogen (secondary N) is 1. The van der Waals surface area contributed by atoms with Gasteiger partial charge in [-0.1, -0.05) is 25.1 Å². The number of likely N-dealkylation sites (N-methyl/N-ethyl adjacent to an activating group) is 1. The minimum absolute atomic E-state index is 0.113. The molecule has 0 saturated heterocycles. The van der Waals surface area contributed by atoms with Crippen molar-refractivity contribution in [3.05, 3.63) is 36.1 Å². The van der Waals surface area contributed by atoms with Crippen LogP contribution in [0.2, 0.25) is 0 Å². The molecule has 3 N–H and O–H groups in total. The van der Waals surface area contributed by atoms with Crippen LogP contribution < -0.4 is 11.1 Å². The monoisotopic (exact) mass is 204 g/mol. The normalized spacial score (nSPS) is 13.2. The van der Waals surface area contributed by atoms with Gasteiger partial charge >= 0.3 is 0 Å². The molecule has 0 radical (unpaired) electrons. The molecule has 3 nitrogen and oxygen atoms in total. The molecule has 0 spiro atoms. The highest BCUT2D eigenvalue weighted by Crippen LogP contribution is 2.23. The number of rotatable bonds is 4. The van der Waals surface area contributed by atoms with E-state index in [9.17, 15) is 0 Å². The summed E-state index contributed by atoms with van der Waals surface area (Å²) >= 11 is 0. The lowest BCUT2D eigenvalue weighted by atomic mass is 10.2. The molecule has 0 fully saturated rings. The Bertz CT molecular complexity index is 403. The molecule has 0 aliphatic heterocycles. The topological polar surface area (TPSA) is 51.2 Å². The molecule has 15 heavy (non-hydrogen) atoms. The molecule has 1 aromatic heterocycles. The lowest BCUT2D eigenvalue weighted by Crippen LogP contribution is -2.27. The van der Waals surface area contributed by atoms with Gasteiger partial charge in [0.1, 0.15) is 11.3 Å². The number of fused-ring (bicyclic) bond motifs is 1. The highest BCUT2D eigenvalue weighted by molar-refractivity contribution is 5.77. The van der Waals surface area contributed by atoms with Gasteiger partial charge in [-0.05, 0) is 18.7 Å². The molecule has 2 rings (SSSR count). The van der Waals surface area contributed by atoms with Crippen molar-refractivity contribution >= 4 is 11.0 Å². The zero-order valence-electron chi connectivity index (χ0n) is 8.86. The summed E-state index contributed by atoms with van der Waals surface area (Å²) in [5.41, 5.74) is 6.61. The molecule has 0 amide bonds. The van der Waals surface area contributed by atoms with Gasteiger partial charge < -0.3 is 15.5 Å². The first-order valence-electron chi connectivity index (χ1n) is 5.27. The number of hydrogen-bond acceptors (Lipinski definition) is 3. The summed E-state index contributed by atoms with van der Waals surface area (Å²) in [4.78, 5) is 0. The van der Waals surface area contributed by atoms with Crippen molar-refractivity contribution in [3.8, 4) is 0 Å². The second kappa shape index (κ2) is 4.47. The molecule has 1 unspecified atom stereocenters. The summed E-state index contributed by atoms with van der Waals surface area (Å²) in [5.74, 6) is 0.917. The van der Waals surface area contributed by atoms with E-state index in [1.165, 1.54) is 0 Å². The average Bonchev–Trinajstić information content (AvgIpc) is 2.69. The molecule has 80 valence electrons. The zero-order chi connectivity index (χ0) is 10.7. The van der Waals surface area contributed by atoms with Gasteiger partial charge in [0.25, 0.3) is 0 Å². The molecule has 1 heterocycles. The number of furan rings is 1. The Hall–Kier alpha value is -1.32. The molecular formula is C12H16N2O. The van der Waals surface area contributed by atoms with Crippen molar-refractivity contribution in [2.45, 2.75) is 13.0 Å². The van der Waals surface area contributed by atoms with Gasteiger partial charge in [-0.15, -0.1) is 0 Å². The summed E-state index contributed by atoms with van der Waals surface area (Å²) in [5, 5.41) is 4.42. The average molecular weight is 204 g/mol. The van der Waals surface area contributed by atoms with E-state index in [0.717, 1.165) is 23.3 Å². The number of benzene rings is 1. The van der Waals surface area contributed by atoms with Gasteiger partial charge in [-0.3, -0.25) is 0 Å². The Morgan fingerprint density at radius 2 is 2.20 bits per heavy atom. The van der Waals surface area contributed by atoms with Crippen LogP contribution in [0.4, 0.5) is 0 Å². The van der Waals surface area contributed by atoms with Gasteiger partial charge in [0.05, 0.1) is 6.04 Å². The predicted octanol–water partition coefficient (Wildman–Crippen LogP) is 2.04. The first-order valence-corrected chi connectivity index (χ1v) is 5.27.